The van der Waals surface area contributed by atoms with Crippen molar-refractivity contribution < 1.29 is 9.59 Å². The SMILES string of the molecule is CCCC1(C(=O)NC2CNC(=O)C2)CCNCC1. The fraction of sp³-hybridized carbons (Fsp3) is 0.846. The summed E-state index contributed by atoms with van der Waals surface area (Å²) in [5.41, 5.74) is -0.217. The molecule has 2 rings (SSSR count). The Balaban J connectivity index is 1.97. The molecule has 0 radical (unpaired) electrons. The van der Waals surface area contributed by atoms with E-state index in [2.05, 4.69) is 22.9 Å². The molecule has 5 heteroatoms. The van der Waals surface area contributed by atoms with Gasteiger partial charge in [0.05, 0.1) is 11.5 Å². The molecule has 1 unspecified atom stereocenters. The van der Waals surface area contributed by atoms with E-state index >= 15 is 0 Å². The van der Waals surface area contributed by atoms with E-state index in [-0.39, 0.29) is 23.3 Å². The molecule has 1 atom stereocenters. The van der Waals surface area contributed by atoms with Crippen molar-refractivity contribution in [2.75, 3.05) is 19.6 Å². The molecule has 2 saturated heterocycles. The minimum Gasteiger partial charge on any atom is -0.354 e. The highest BCUT2D eigenvalue weighted by Crippen LogP contribution is 2.34. The van der Waals surface area contributed by atoms with E-state index < -0.39 is 0 Å². The summed E-state index contributed by atoms with van der Waals surface area (Å²) < 4.78 is 0. The molecule has 2 aliphatic rings. The van der Waals surface area contributed by atoms with Gasteiger partial charge in [0.2, 0.25) is 11.8 Å². The number of carbonyl (C=O) groups is 2. The zero-order valence-electron chi connectivity index (χ0n) is 11.1. The van der Waals surface area contributed by atoms with Crippen molar-refractivity contribution in [2.24, 2.45) is 5.41 Å². The lowest BCUT2D eigenvalue weighted by Crippen LogP contribution is -2.50. The van der Waals surface area contributed by atoms with Crippen molar-refractivity contribution in [3.8, 4) is 0 Å². The lowest BCUT2D eigenvalue weighted by Gasteiger charge is -2.36. The summed E-state index contributed by atoms with van der Waals surface area (Å²) in [6, 6.07) is -0.0198. The van der Waals surface area contributed by atoms with Gasteiger partial charge in [0.1, 0.15) is 0 Å². The summed E-state index contributed by atoms with van der Waals surface area (Å²) in [6.07, 6.45) is 4.19. The standard InChI is InChI=1S/C13H23N3O2/c1-2-3-13(4-6-14-7-5-13)12(18)16-10-8-11(17)15-9-10/h10,14H,2-9H2,1H3,(H,15,17)(H,16,18). The quantitative estimate of drug-likeness (QED) is 0.668. The summed E-state index contributed by atoms with van der Waals surface area (Å²) >= 11 is 0. The number of nitrogens with one attached hydrogen (secondary N) is 3. The van der Waals surface area contributed by atoms with Gasteiger partial charge in [-0.05, 0) is 32.4 Å². The van der Waals surface area contributed by atoms with Gasteiger partial charge >= 0.3 is 0 Å². The third kappa shape index (κ3) is 2.83. The Labute approximate surface area is 108 Å². The fourth-order valence-corrected chi connectivity index (χ4v) is 3.02. The maximum Gasteiger partial charge on any atom is 0.226 e. The zero-order valence-corrected chi connectivity index (χ0v) is 11.1. The second kappa shape index (κ2) is 5.69. The van der Waals surface area contributed by atoms with Crippen LogP contribution < -0.4 is 16.0 Å². The van der Waals surface area contributed by atoms with Crippen LogP contribution in [0.25, 0.3) is 0 Å². The summed E-state index contributed by atoms with van der Waals surface area (Å²) in [4.78, 5) is 23.6. The first-order chi connectivity index (χ1) is 8.66. The van der Waals surface area contributed by atoms with E-state index in [1.54, 1.807) is 0 Å². The first-order valence-electron chi connectivity index (χ1n) is 6.95. The Bertz CT molecular complexity index is 319. The summed E-state index contributed by atoms with van der Waals surface area (Å²) in [5.74, 6) is 0.183. The van der Waals surface area contributed by atoms with Gasteiger partial charge in [-0.15, -0.1) is 0 Å². The highest BCUT2D eigenvalue weighted by molar-refractivity contribution is 5.85. The van der Waals surface area contributed by atoms with Crippen LogP contribution in [0.1, 0.15) is 39.0 Å². The van der Waals surface area contributed by atoms with Crippen LogP contribution in [-0.2, 0) is 9.59 Å². The van der Waals surface area contributed by atoms with E-state index in [0.717, 1.165) is 38.8 Å². The molecule has 0 saturated carbocycles. The maximum atomic E-state index is 12.5. The second-order valence-corrected chi connectivity index (χ2v) is 5.46. The van der Waals surface area contributed by atoms with E-state index in [0.29, 0.717) is 13.0 Å². The number of hydrogen-bond donors (Lipinski definition) is 3. The molecule has 0 aromatic heterocycles. The molecule has 18 heavy (non-hydrogen) atoms. The van der Waals surface area contributed by atoms with Crippen molar-refractivity contribution in [3.63, 3.8) is 0 Å². The highest BCUT2D eigenvalue weighted by atomic mass is 16.2. The lowest BCUT2D eigenvalue weighted by molar-refractivity contribution is -0.133. The minimum absolute atomic E-state index is 0.0198. The van der Waals surface area contributed by atoms with Gasteiger partial charge in [-0.3, -0.25) is 9.59 Å². The van der Waals surface area contributed by atoms with Gasteiger partial charge in [0.15, 0.2) is 0 Å². The molecular formula is C13H23N3O2. The van der Waals surface area contributed by atoms with Crippen molar-refractivity contribution in [1.29, 1.82) is 0 Å². The lowest BCUT2D eigenvalue weighted by atomic mass is 9.74. The molecule has 2 heterocycles. The van der Waals surface area contributed by atoms with Crippen LogP contribution in [0.4, 0.5) is 0 Å². The van der Waals surface area contributed by atoms with Crippen LogP contribution in [0, 0.1) is 5.41 Å². The van der Waals surface area contributed by atoms with Crippen LogP contribution in [-0.4, -0.2) is 37.5 Å². The predicted molar refractivity (Wildman–Crippen MR) is 69.0 cm³/mol. The molecule has 0 aromatic rings. The molecule has 3 N–H and O–H groups in total. The zero-order chi connectivity index (χ0) is 13.0. The molecule has 0 bridgehead atoms. The average molecular weight is 253 g/mol. The van der Waals surface area contributed by atoms with E-state index in [4.69, 9.17) is 0 Å². The third-order valence-electron chi connectivity index (χ3n) is 4.08. The van der Waals surface area contributed by atoms with Gasteiger partial charge in [-0.2, -0.15) is 0 Å². The number of piperidine rings is 1. The molecule has 0 aromatic carbocycles. The van der Waals surface area contributed by atoms with Gasteiger partial charge in [-0.1, -0.05) is 13.3 Å². The monoisotopic (exact) mass is 253 g/mol. The van der Waals surface area contributed by atoms with Crippen LogP contribution in [0.2, 0.25) is 0 Å². The molecule has 5 nitrogen and oxygen atoms in total. The van der Waals surface area contributed by atoms with Crippen molar-refractivity contribution in [1.82, 2.24) is 16.0 Å². The summed E-state index contributed by atoms with van der Waals surface area (Å²) in [6.45, 7) is 4.52. The van der Waals surface area contributed by atoms with Crippen molar-refractivity contribution in [3.05, 3.63) is 0 Å². The van der Waals surface area contributed by atoms with Gasteiger partial charge in [0, 0.05) is 13.0 Å². The van der Waals surface area contributed by atoms with Gasteiger partial charge < -0.3 is 16.0 Å². The maximum absolute atomic E-state index is 12.5. The van der Waals surface area contributed by atoms with E-state index in [1.165, 1.54) is 0 Å². The molecule has 102 valence electrons. The molecule has 2 amide bonds. The summed E-state index contributed by atoms with van der Waals surface area (Å²) in [7, 11) is 0. The van der Waals surface area contributed by atoms with Gasteiger partial charge in [0.25, 0.3) is 0 Å². The van der Waals surface area contributed by atoms with Crippen molar-refractivity contribution >= 4 is 11.8 Å². The Morgan fingerprint density at radius 2 is 2.17 bits per heavy atom. The van der Waals surface area contributed by atoms with Gasteiger partial charge in [-0.25, -0.2) is 0 Å². The average Bonchev–Trinajstić information content (AvgIpc) is 2.76. The Morgan fingerprint density at radius 3 is 2.72 bits per heavy atom. The smallest absolute Gasteiger partial charge is 0.226 e. The number of rotatable bonds is 4. The van der Waals surface area contributed by atoms with E-state index in [9.17, 15) is 9.59 Å². The molecule has 0 spiro atoms. The Morgan fingerprint density at radius 1 is 1.44 bits per heavy atom. The second-order valence-electron chi connectivity index (χ2n) is 5.46. The van der Waals surface area contributed by atoms with Crippen LogP contribution in [0.15, 0.2) is 0 Å². The number of hydrogen-bond acceptors (Lipinski definition) is 3. The summed E-state index contributed by atoms with van der Waals surface area (Å²) in [5, 5.41) is 9.12. The largest absolute Gasteiger partial charge is 0.354 e. The number of amides is 2. The number of carbonyl (C=O) groups excluding carboxylic acids is 2. The Hall–Kier alpha value is -1.10. The topological polar surface area (TPSA) is 70.2 Å². The predicted octanol–water partition coefficient (Wildman–Crippen LogP) is 0.161. The Kier molecular flexibility index (Phi) is 4.22. The molecule has 2 fully saturated rings. The highest BCUT2D eigenvalue weighted by Gasteiger charge is 2.39. The normalized spacial score (nSPS) is 26.7. The minimum atomic E-state index is -0.217. The van der Waals surface area contributed by atoms with E-state index in [1.807, 2.05) is 0 Å². The molecule has 0 aliphatic carbocycles. The molecular weight excluding hydrogens is 230 g/mol. The van der Waals surface area contributed by atoms with Crippen LogP contribution >= 0.6 is 0 Å². The van der Waals surface area contributed by atoms with Crippen LogP contribution in [0.5, 0.6) is 0 Å². The third-order valence-corrected chi connectivity index (χ3v) is 4.08. The first kappa shape index (κ1) is 13.3. The first-order valence-corrected chi connectivity index (χ1v) is 6.95. The van der Waals surface area contributed by atoms with Crippen molar-refractivity contribution in [2.45, 2.75) is 45.1 Å². The van der Waals surface area contributed by atoms with Crippen LogP contribution in [0.3, 0.4) is 0 Å². The molecule has 2 aliphatic heterocycles. The fourth-order valence-electron chi connectivity index (χ4n) is 3.02.